The van der Waals surface area contributed by atoms with Gasteiger partial charge in [0.25, 0.3) is 0 Å². The second kappa shape index (κ2) is 6.58. The highest BCUT2D eigenvalue weighted by Gasteiger charge is 2.38. The monoisotopic (exact) mass is 359 g/mol. The summed E-state index contributed by atoms with van der Waals surface area (Å²) in [6.45, 7) is 10.8. The Bertz CT molecular complexity index is 711. The lowest BCUT2D eigenvalue weighted by atomic mass is 9.79. The zero-order valence-electron chi connectivity index (χ0n) is 16.3. The van der Waals surface area contributed by atoms with Gasteiger partial charge >= 0.3 is 5.97 Å². The number of carbonyl (C=O) groups is 2. The standard InChI is InChI=1S/C20H29N3O3/c1-13-6-7-15-16(8-13)26-18(25)12-23(15)11-17(24)21-14-9-19(2,3)22-20(4,5)10-14/h6-8,14,22H,9-12H2,1-5H3,(H,21,24). The summed E-state index contributed by atoms with van der Waals surface area (Å²) < 4.78 is 5.31. The molecule has 6 heteroatoms. The van der Waals surface area contributed by atoms with Crippen molar-refractivity contribution in [3.05, 3.63) is 23.8 Å². The second-order valence-corrected chi connectivity index (χ2v) is 8.87. The molecule has 1 amide bonds. The minimum absolute atomic E-state index is 0.0290. The van der Waals surface area contributed by atoms with E-state index in [2.05, 4.69) is 38.3 Å². The summed E-state index contributed by atoms with van der Waals surface area (Å²) in [5, 5.41) is 6.78. The van der Waals surface area contributed by atoms with E-state index >= 15 is 0 Å². The molecule has 1 aromatic carbocycles. The molecule has 6 nitrogen and oxygen atoms in total. The summed E-state index contributed by atoms with van der Waals surface area (Å²) in [4.78, 5) is 26.3. The van der Waals surface area contributed by atoms with Gasteiger partial charge in [-0.2, -0.15) is 0 Å². The first kappa shape index (κ1) is 18.7. The third-order valence-corrected chi connectivity index (χ3v) is 4.89. The first-order valence-electron chi connectivity index (χ1n) is 9.18. The third kappa shape index (κ3) is 4.36. The first-order valence-corrected chi connectivity index (χ1v) is 9.18. The number of amides is 1. The van der Waals surface area contributed by atoms with Gasteiger partial charge in [-0.1, -0.05) is 6.07 Å². The maximum absolute atomic E-state index is 12.7. The number of aryl methyl sites for hydroxylation is 1. The number of rotatable bonds is 3. The van der Waals surface area contributed by atoms with E-state index in [0.717, 1.165) is 24.1 Å². The Hall–Kier alpha value is -2.08. The zero-order valence-corrected chi connectivity index (χ0v) is 16.3. The highest BCUT2D eigenvalue weighted by atomic mass is 16.5. The lowest BCUT2D eigenvalue weighted by Gasteiger charge is -2.46. The van der Waals surface area contributed by atoms with Gasteiger partial charge in [-0.3, -0.25) is 4.79 Å². The Kier molecular flexibility index (Phi) is 4.73. The van der Waals surface area contributed by atoms with Crippen LogP contribution in [0.15, 0.2) is 18.2 Å². The maximum Gasteiger partial charge on any atom is 0.331 e. The smallest absolute Gasteiger partial charge is 0.331 e. The van der Waals surface area contributed by atoms with Crippen molar-refractivity contribution in [3.63, 3.8) is 0 Å². The molecule has 2 aliphatic heterocycles. The molecule has 0 saturated carbocycles. The Balaban J connectivity index is 1.68. The van der Waals surface area contributed by atoms with Crippen LogP contribution in [-0.2, 0) is 9.59 Å². The molecule has 2 heterocycles. The number of nitrogens with zero attached hydrogens (tertiary/aromatic N) is 1. The van der Waals surface area contributed by atoms with Gasteiger partial charge in [0.2, 0.25) is 5.91 Å². The first-order chi connectivity index (χ1) is 12.0. The molecular formula is C20H29N3O3. The van der Waals surface area contributed by atoms with Gasteiger partial charge in [-0.25, -0.2) is 4.79 Å². The average molecular weight is 359 g/mol. The van der Waals surface area contributed by atoms with Gasteiger partial charge < -0.3 is 20.3 Å². The number of hydrogen-bond acceptors (Lipinski definition) is 5. The van der Waals surface area contributed by atoms with E-state index in [1.807, 2.05) is 25.1 Å². The molecule has 0 atom stereocenters. The van der Waals surface area contributed by atoms with Gasteiger partial charge in [-0.05, 0) is 65.2 Å². The number of anilines is 1. The van der Waals surface area contributed by atoms with Crippen molar-refractivity contribution >= 4 is 17.6 Å². The Morgan fingerprint density at radius 1 is 1.27 bits per heavy atom. The summed E-state index contributed by atoms with van der Waals surface area (Å²) in [7, 11) is 0. The zero-order chi connectivity index (χ0) is 19.1. The number of fused-ring (bicyclic) bond motifs is 1. The Morgan fingerprint density at radius 3 is 2.58 bits per heavy atom. The van der Waals surface area contributed by atoms with Crippen molar-refractivity contribution in [2.75, 3.05) is 18.0 Å². The number of carbonyl (C=O) groups excluding carboxylic acids is 2. The molecule has 0 radical (unpaired) electrons. The van der Waals surface area contributed by atoms with E-state index in [9.17, 15) is 9.59 Å². The fourth-order valence-electron chi connectivity index (χ4n) is 4.37. The predicted molar refractivity (Wildman–Crippen MR) is 101 cm³/mol. The highest BCUT2D eigenvalue weighted by molar-refractivity contribution is 5.89. The minimum Gasteiger partial charge on any atom is -0.423 e. The second-order valence-electron chi connectivity index (χ2n) is 8.87. The van der Waals surface area contributed by atoms with Crippen molar-refractivity contribution < 1.29 is 14.3 Å². The van der Waals surface area contributed by atoms with E-state index in [1.54, 1.807) is 4.90 Å². The number of benzene rings is 1. The van der Waals surface area contributed by atoms with Gasteiger partial charge in [0.15, 0.2) is 5.75 Å². The Labute approximate surface area is 155 Å². The molecule has 142 valence electrons. The molecular weight excluding hydrogens is 330 g/mol. The van der Waals surface area contributed by atoms with Gasteiger partial charge in [0.05, 0.1) is 12.2 Å². The van der Waals surface area contributed by atoms with Crippen LogP contribution in [0.25, 0.3) is 0 Å². The average Bonchev–Trinajstić information content (AvgIpc) is 2.42. The fourth-order valence-corrected chi connectivity index (χ4v) is 4.37. The molecule has 2 N–H and O–H groups in total. The van der Waals surface area contributed by atoms with Crippen LogP contribution in [0.4, 0.5) is 5.69 Å². The molecule has 1 fully saturated rings. The summed E-state index contributed by atoms with van der Waals surface area (Å²) >= 11 is 0. The third-order valence-electron chi connectivity index (χ3n) is 4.89. The van der Waals surface area contributed by atoms with Crippen LogP contribution in [0.5, 0.6) is 5.75 Å². The van der Waals surface area contributed by atoms with Crippen molar-refractivity contribution in [3.8, 4) is 5.75 Å². The quantitative estimate of drug-likeness (QED) is 0.639. The minimum atomic E-state index is -0.333. The summed E-state index contributed by atoms with van der Waals surface area (Å²) in [5.41, 5.74) is 1.75. The summed E-state index contributed by atoms with van der Waals surface area (Å²) in [6.07, 6.45) is 1.75. The van der Waals surface area contributed by atoms with Crippen LogP contribution < -0.4 is 20.3 Å². The maximum atomic E-state index is 12.7. The van der Waals surface area contributed by atoms with Crippen LogP contribution in [0, 0.1) is 6.92 Å². The molecule has 1 aromatic rings. The predicted octanol–water partition coefficient (Wildman–Crippen LogP) is 2.15. The van der Waals surface area contributed by atoms with E-state index < -0.39 is 0 Å². The number of piperidine rings is 1. The fraction of sp³-hybridized carbons (Fsp3) is 0.600. The van der Waals surface area contributed by atoms with Crippen molar-refractivity contribution in [1.82, 2.24) is 10.6 Å². The largest absolute Gasteiger partial charge is 0.423 e. The lowest BCUT2D eigenvalue weighted by molar-refractivity contribution is -0.133. The molecule has 0 unspecified atom stereocenters. The molecule has 0 bridgehead atoms. The van der Waals surface area contributed by atoms with Crippen molar-refractivity contribution in [2.45, 2.75) is 64.6 Å². The van der Waals surface area contributed by atoms with Crippen LogP contribution in [-0.4, -0.2) is 42.1 Å². The topological polar surface area (TPSA) is 70.7 Å². The highest BCUT2D eigenvalue weighted by Crippen LogP contribution is 2.33. The van der Waals surface area contributed by atoms with Crippen LogP contribution in [0.3, 0.4) is 0 Å². The Morgan fingerprint density at radius 2 is 1.92 bits per heavy atom. The van der Waals surface area contributed by atoms with Crippen molar-refractivity contribution in [2.24, 2.45) is 0 Å². The van der Waals surface area contributed by atoms with Crippen molar-refractivity contribution in [1.29, 1.82) is 0 Å². The molecule has 0 aliphatic carbocycles. The summed E-state index contributed by atoms with van der Waals surface area (Å²) in [6, 6.07) is 5.81. The van der Waals surface area contributed by atoms with E-state index in [1.165, 1.54) is 0 Å². The van der Waals surface area contributed by atoms with E-state index in [0.29, 0.717) is 5.75 Å². The van der Waals surface area contributed by atoms with Crippen LogP contribution in [0.2, 0.25) is 0 Å². The molecule has 2 aliphatic rings. The van der Waals surface area contributed by atoms with E-state index in [-0.39, 0.29) is 42.1 Å². The molecule has 0 spiro atoms. The number of nitrogens with one attached hydrogen (secondary N) is 2. The molecule has 3 rings (SSSR count). The number of hydrogen-bond donors (Lipinski definition) is 2. The van der Waals surface area contributed by atoms with E-state index in [4.69, 9.17) is 4.74 Å². The lowest BCUT2D eigenvalue weighted by Crippen LogP contribution is -2.62. The van der Waals surface area contributed by atoms with Gasteiger partial charge in [-0.15, -0.1) is 0 Å². The van der Waals surface area contributed by atoms with Gasteiger partial charge in [0.1, 0.15) is 6.54 Å². The SMILES string of the molecule is Cc1ccc2c(c1)OC(=O)CN2CC(=O)NC1CC(C)(C)NC(C)(C)C1. The molecule has 0 aromatic heterocycles. The number of ether oxygens (including phenoxy) is 1. The van der Waals surface area contributed by atoms with Crippen LogP contribution in [0.1, 0.15) is 46.1 Å². The van der Waals surface area contributed by atoms with Gasteiger partial charge in [0, 0.05) is 17.1 Å². The summed E-state index contributed by atoms with van der Waals surface area (Å²) in [5.74, 6) is 0.128. The number of esters is 1. The van der Waals surface area contributed by atoms with Crippen LogP contribution >= 0.6 is 0 Å². The molecule has 1 saturated heterocycles. The molecule has 26 heavy (non-hydrogen) atoms. The normalized spacial score (nSPS) is 21.7.